The molecule has 0 aliphatic heterocycles. The van der Waals surface area contributed by atoms with Gasteiger partial charge in [-0.25, -0.2) is 24.3 Å². The number of aromatic amines is 2. The molecule has 0 bridgehead atoms. The number of nitrogens with two attached hydrogens (primary N) is 1. The summed E-state index contributed by atoms with van der Waals surface area (Å²) < 4.78 is 1.46. The lowest BCUT2D eigenvalue weighted by Gasteiger charge is -2.13. The maximum absolute atomic E-state index is 13.0. The van der Waals surface area contributed by atoms with Gasteiger partial charge in [0.25, 0.3) is 5.91 Å². The first-order valence-corrected chi connectivity index (χ1v) is 10.3. The number of benzene rings is 2. The molecular formula is C23H20N8O2. The highest BCUT2D eigenvalue weighted by atomic mass is 16.2. The Kier molecular flexibility index (Phi) is 4.82. The van der Waals surface area contributed by atoms with Gasteiger partial charge in [-0.2, -0.15) is 5.10 Å². The molecule has 0 atom stereocenters. The maximum Gasteiger partial charge on any atom is 0.332 e. The van der Waals surface area contributed by atoms with E-state index in [-0.39, 0.29) is 28.6 Å². The Morgan fingerprint density at radius 1 is 1.00 bits per heavy atom. The van der Waals surface area contributed by atoms with Gasteiger partial charge in [-0.05, 0) is 17.5 Å². The van der Waals surface area contributed by atoms with Gasteiger partial charge in [-0.3, -0.25) is 9.89 Å². The third kappa shape index (κ3) is 3.47. The number of nitrogens with zero attached hydrogens (tertiary/aromatic N) is 5. The molecule has 10 heteroatoms. The Morgan fingerprint density at radius 3 is 2.33 bits per heavy atom. The van der Waals surface area contributed by atoms with E-state index < -0.39 is 11.6 Å². The monoisotopic (exact) mass is 440 g/mol. The number of amides is 1. The number of hydrogen-bond donors (Lipinski definition) is 3. The largest absolute Gasteiger partial charge is 0.364 e. The predicted molar refractivity (Wildman–Crippen MR) is 123 cm³/mol. The lowest BCUT2D eigenvalue weighted by atomic mass is 10.0. The van der Waals surface area contributed by atoms with E-state index in [2.05, 4.69) is 30.1 Å². The number of carbonyl (C=O) groups excluding carboxylic acids is 1. The van der Waals surface area contributed by atoms with E-state index in [0.717, 1.165) is 11.1 Å². The smallest absolute Gasteiger partial charge is 0.332 e. The van der Waals surface area contributed by atoms with E-state index in [1.165, 1.54) is 10.9 Å². The molecule has 4 N–H and O–H groups in total. The Bertz CT molecular complexity index is 1530. The third-order valence-corrected chi connectivity index (χ3v) is 5.39. The number of rotatable bonds is 5. The van der Waals surface area contributed by atoms with Crippen LogP contribution in [0.3, 0.4) is 0 Å². The van der Waals surface area contributed by atoms with Crippen molar-refractivity contribution in [1.29, 1.82) is 0 Å². The molecule has 0 fully saturated rings. The number of carbonyl (C=O) groups is 1. The molecular weight excluding hydrogens is 420 g/mol. The number of fused-ring (bicyclic) bond motifs is 1. The SMILES string of the molecule is CC(C)c1ccccc1-n1c(=O)[nH]c2c(C(N)=O)nc(-c3ccc(-c4nc[nH]n4)cc3)nc21. The second-order valence-electron chi connectivity index (χ2n) is 7.84. The van der Waals surface area contributed by atoms with E-state index >= 15 is 0 Å². The van der Waals surface area contributed by atoms with Crippen LogP contribution in [0.25, 0.3) is 39.6 Å². The summed E-state index contributed by atoms with van der Waals surface area (Å²) in [4.78, 5) is 41.1. The molecule has 3 aromatic heterocycles. The quantitative estimate of drug-likeness (QED) is 0.383. The van der Waals surface area contributed by atoms with Gasteiger partial charge in [-0.1, -0.05) is 56.3 Å². The van der Waals surface area contributed by atoms with Crippen molar-refractivity contribution >= 4 is 17.1 Å². The normalized spacial score (nSPS) is 11.4. The van der Waals surface area contributed by atoms with Crippen LogP contribution in [0.1, 0.15) is 35.8 Å². The zero-order valence-electron chi connectivity index (χ0n) is 17.9. The molecule has 33 heavy (non-hydrogen) atoms. The first kappa shape index (κ1) is 20.3. The van der Waals surface area contributed by atoms with E-state index in [1.807, 2.05) is 50.2 Å². The topological polar surface area (TPSA) is 148 Å². The van der Waals surface area contributed by atoms with Crippen LogP contribution in [0.4, 0.5) is 0 Å². The molecule has 0 saturated carbocycles. The van der Waals surface area contributed by atoms with Crippen molar-refractivity contribution in [2.24, 2.45) is 5.73 Å². The summed E-state index contributed by atoms with van der Waals surface area (Å²) in [7, 11) is 0. The maximum atomic E-state index is 13.0. The van der Waals surface area contributed by atoms with Crippen molar-refractivity contribution in [2.45, 2.75) is 19.8 Å². The van der Waals surface area contributed by atoms with Crippen LogP contribution in [-0.4, -0.2) is 40.6 Å². The first-order valence-electron chi connectivity index (χ1n) is 10.3. The number of para-hydroxylation sites is 1. The molecule has 0 saturated heterocycles. The fraction of sp³-hybridized carbons (Fsp3) is 0.130. The number of aromatic nitrogens is 7. The molecule has 0 spiro atoms. The van der Waals surface area contributed by atoms with Crippen molar-refractivity contribution in [1.82, 2.24) is 34.7 Å². The Morgan fingerprint density at radius 2 is 1.70 bits per heavy atom. The fourth-order valence-corrected chi connectivity index (χ4v) is 3.81. The Balaban J connectivity index is 1.73. The minimum atomic E-state index is -0.758. The van der Waals surface area contributed by atoms with Gasteiger partial charge in [0.1, 0.15) is 11.8 Å². The minimum absolute atomic E-state index is 0.0501. The Hall–Kier alpha value is -4.60. The van der Waals surface area contributed by atoms with Crippen LogP contribution in [0.15, 0.2) is 59.7 Å². The standard InChI is InChI=1S/C23H20N8O2/c1-12(2)15-5-3-4-6-16(15)31-22-18(28-23(31)33)17(19(24)32)27-21(29-22)14-9-7-13(8-10-14)20-25-11-26-30-20/h3-12H,1-2H3,(H2,24,32)(H,28,33)(H,25,26,30). The van der Waals surface area contributed by atoms with Crippen molar-refractivity contribution in [2.75, 3.05) is 0 Å². The molecule has 10 nitrogen and oxygen atoms in total. The molecule has 5 aromatic rings. The molecule has 1 amide bonds. The highest BCUT2D eigenvalue weighted by Gasteiger charge is 2.22. The summed E-state index contributed by atoms with van der Waals surface area (Å²) in [5.41, 5.74) is 8.73. The van der Waals surface area contributed by atoms with Gasteiger partial charge in [0.15, 0.2) is 23.0 Å². The van der Waals surface area contributed by atoms with Gasteiger partial charge in [0, 0.05) is 11.1 Å². The lowest BCUT2D eigenvalue weighted by molar-refractivity contribution is 0.0997. The number of hydrogen-bond acceptors (Lipinski definition) is 6. The van der Waals surface area contributed by atoms with Gasteiger partial charge in [0.2, 0.25) is 0 Å². The summed E-state index contributed by atoms with van der Waals surface area (Å²) in [6.45, 7) is 4.09. The first-order chi connectivity index (χ1) is 15.9. The zero-order valence-corrected chi connectivity index (χ0v) is 17.9. The van der Waals surface area contributed by atoms with E-state index in [4.69, 9.17) is 5.73 Å². The molecule has 164 valence electrons. The number of imidazole rings is 1. The predicted octanol–water partition coefficient (Wildman–Crippen LogP) is 2.78. The van der Waals surface area contributed by atoms with E-state index in [1.54, 1.807) is 12.1 Å². The third-order valence-electron chi connectivity index (χ3n) is 5.39. The van der Waals surface area contributed by atoms with Crippen LogP contribution in [-0.2, 0) is 0 Å². The average Bonchev–Trinajstić information content (AvgIpc) is 3.46. The molecule has 2 aromatic carbocycles. The average molecular weight is 440 g/mol. The second-order valence-corrected chi connectivity index (χ2v) is 7.84. The van der Waals surface area contributed by atoms with Crippen LogP contribution >= 0.6 is 0 Å². The minimum Gasteiger partial charge on any atom is -0.364 e. The molecule has 0 unspecified atom stereocenters. The summed E-state index contributed by atoms with van der Waals surface area (Å²) in [5.74, 6) is 0.234. The van der Waals surface area contributed by atoms with Gasteiger partial charge >= 0.3 is 5.69 Å². The molecule has 0 radical (unpaired) electrons. The lowest BCUT2D eigenvalue weighted by Crippen LogP contribution is -2.17. The summed E-state index contributed by atoms with van der Waals surface area (Å²) in [5, 5.41) is 6.74. The molecule has 5 rings (SSSR count). The Labute approximate surface area is 187 Å². The van der Waals surface area contributed by atoms with E-state index in [0.29, 0.717) is 17.1 Å². The van der Waals surface area contributed by atoms with Crippen molar-refractivity contribution in [3.63, 3.8) is 0 Å². The summed E-state index contributed by atoms with van der Waals surface area (Å²) in [6, 6.07) is 14.8. The number of primary amides is 1. The molecule has 0 aliphatic carbocycles. The van der Waals surface area contributed by atoms with Gasteiger partial charge in [0.05, 0.1) is 5.69 Å². The van der Waals surface area contributed by atoms with Crippen LogP contribution in [0.2, 0.25) is 0 Å². The highest BCUT2D eigenvalue weighted by molar-refractivity contribution is 6.02. The fourth-order valence-electron chi connectivity index (χ4n) is 3.81. The van der Waals surface area contributed by atoms with Crippen LogP contribution in [0.5, 0.6) is 0 Å². The van der Waals surface area contributed by atoms with Gasteiger partial charge < -0.3 is 10.7 Å². The number of H-pyrrole nitrogens is 2. The van der Waals surface area contributed by atoms with Crippen LogP contribution in [0, 0.1) is 0 Å². The van der Waals surface area contributed by atoms with Crippen LogP contribution < -0.4 is 11.4 Å². The van der Waals surface area contributed by atoms with E-state index in [9.17, 15) is 9.59 Å². The number of nitrogens with one attached hydrogen (secondary N) is 2. The van der Waals surface area contributed by atoms with Gasteiger partial charge in [-0.15, -0.1) is 0 Å². The zero-order chi connectivity index (χ0) is 23.1. The van der Waals surface area contributed by atoms with Crippen molar-refractivity contribution in [3.05, 3.63) is 76.6 Å². The molecule has 0 aliphatic rings. The second kappa shape index (κ2) is 7.83. The summed E-state index contributed by atoms with van der Waals surface area (Å²) >= 11 is 0. The summed E-state index contributed by atoms with van der Waals surface area (Å²) in [6.07, 6.45) is 1.50. The molecule has 3 heterocycles. The highest BCUT2D eigenvalue weighted by Crippen LogP contribution is 2.27. The van der Waals surface area contributed by atoms with Crippen molar-refractivity contribution in [3.8, 4) is 28.5 Å². The van der Waals surface area contributed by atoms with Crippen molar-refractivity contribution < 1.29 is 4.79 Å².